The second-order valence-corrected chi connectivity index (χ2v) is 9.64. The van der Waals surface area contributed by atoms with Gasteiger partial charge in [0.25, 0.3) is 0 Å². The minimum absolute atomic E-state index is 1.00. The molecule has 0 bridgehead atoms. The zero-order valence-corrected chi connectivity index (χ0v) is 19.5. The second kappa shape index (κ2) is 9.81. The van der Waals surface area contributed by atoms with Crippen molar-refractivity contribution in [2.45, 2.75) is 6.92 Å². The zero-order chi connectivity index (χ0) is 22.3. The molecule has 0 amide bonds. The molecule has 0 heterocycles. The third-order valence-corrected chi connectivity index (χ3v) is 5.55. The minimum atomic E-state index is -1.24. The summed E-state index contributed by atoms with van der Waals surface area (Å²) in [6, 6.07) is 41.6. The molecule has 0 saturated carbocycles. The van der Waals surface area contributed by atoms with Gasteiger partial charge >= 0.3 is 0 Å². The first-order chi connectivity index (χ1) is 14.8. The van der Waals surface area contributed by atoms with Crippen molar-refractivity contribution >= 4 is 28.0 Å². The fraction of sp³-hybridized carbons (Fsp3) is 0.172. The number of aryl methyl sites for hydroxylation is 1. The molecule has 0 aromatic heterocycles. The predicted octanol–water partition coefficient (Wildman–Crippen LogP) is 3.69. The zero-order valence-electron chi connectivity index (χ0n) is 19.5. The quantitative estimate of drug-likeness (QED) is 0.358. The van der Waals surface area contributed by atoms with Gasteiger partial charge in [0.05, 0.1) is 28.2 Å². The lowest BCUT2D eigenvalue weighted by Crippen LogP contribution is -2.75. The summed E-state index contributed by atoms with van der Waals surface area (Å²) in [5.41, 5.74) is 6.75. The molecule has 0 radical (unpaired) electrons. The van der Waals surface area contributed by atoms with E-state index >= 15 is 0 Å². The summed E-state index contributed by atoms with van der Waals surface area (Å²) in [7, 11) is 8.50. The van der Waals surface area contributed by atoms with E-state index in [1.165, 1.54) is 27.4 Å². The summed E-state index contributed by atoms with van der Waals surface area (Å²) >= 11 is 0. The molecule has 0 aliphatic heterocycles. The van der Waals surface area contributed by atoms with Crippen molar-refractivity contribution in [3.8, 4) is 0 Å². The molecule has 0 atom stereocenters. The van der Waals surface area contributed by atoms with E-state index in [1.807, 2.05) is 0 Å². The van der Waals surface area contributed by atoms with Crippen molar-refractivity contribution in [2.24, 2.45) is 0 Å². The van der Waals surface area contributed by atoms with Crippen LogP contribution in [0.5, 0.6) is 0 Å². The Hall–Kier alpha value is -3.10. The molecular weight excluding hydrogens is 373 g/mol. The average Bonchev–Trinajstić information content (AvgIpc) is 2.77. The van der Waals surface area contributed by atoms with Crippen LogP contribution in [-0.4, -0.2) is 38.8 Å². The van der Waals surface area contributed by atoms with Crippen LogP contribution >= 0.6 is 0 Å². The molecule has 4 aromatic carbocycles. The maximum Gasteiger partial charge on any atom is 0.108 e. The van der Waals surface area contributed by atoms with Gasteiger partial charge in [-0.05, 0) is 6.92 Å². The predicted molar refractivity (Wildman–Crippen MR) is 139 cm³/mol. The lowest BCUT2D eigenvalue weighted by Gasteiger charge is -2.45. The van der Waals surface area contributed by atoms with Crippen LogP contribution in [-0.2, 0) is 0 Å². The standard InChI is InChI=1S/C25H22B.C4H12N/c1-21-13-11-12-20-25(21)26(22-14-5-2-6-15-22,23-16-7-3-8-17-23)24-18-9-4-10-19-24;1-5(2,3)4/h2-20H,1H3;1-4H3/q-1;+1. The summed E-state index contributed by atoms with van der Waals surface area (Å²) < 4.78 is 1.00. The summed E-state index contributed by atoms with van der Waals surface area (Å²) in [4.78, 5) is 0. The monoisotopic (exact) mass is 407 g/mol. The molecular formula is C29H34BN. The van der Waals surface area contributed by atoms with Gasteiger partial charge in [-0.3, -0.25) is 0 Å². The van der Waals surface area contributed by atoms with Crippen molar-refractivity contribution < 1.29 is 4.48 Å². The van der Waals surface area contributed by atoms with E-state index in [-0.39, 0.29) is 0 Å². The third kappa shape index (κ3) is 5.34. The highest BCUT2D eigenvalue weighted by atomic mass is 15.2. The van der Waals surface area contributed by atoms with Crippen LogP contribution in [0.1, 0.15) is 5.56 Å². The van der Waals surface area contributed by atoms with Crippen LogP contribution in [0.2, 0.25) is 0 Å². The molecule has 4 aromatic rings. The topological polar surface area (TPSA) is 0 Å². The number of rotatable bonds is 4. The largest absolute Gasteiger partial charge is 0.333 e. The molecule has 0 aliphatic rings. The van der Waals surface area contributed by atoms with Gasteiger partial charge in [-0.2, -0.15) is 21.9 Å². The molecule has 158 valence electrons. The minimum Gasteiger partial charge on any atom is -0.333 e. The van der Waals surface area contributed by atoms with E-state index in [1.54, 1.807) is 0 Å². The van der Waals surface area contributed by atoms with Crippen LogP contribution in [0.4, 0.5) is 0 Å². The van der Waals surface area contributed by atoms with E-state index in [9.17, 15) is 0 Å². The highest BCUT2D eigenvalue weighted by Gasteiger charge is 2.32. The highest BCUT2D eigenvalue weighted by molar-refractivity contribution is 7.20. The number of benzene rings is 4. The first-order valence-corrected chi connectivity index (χ1v) is 11.0. The Labute approximate surface area is 188 Å². The van der Waals surface area contributed by atoms with E-state index in [4.69, 9.17) is 0 Å². The number of quaternary nitrogens is 1. The molecule has 0 fully saturated rings. The Balaban J connectivity index is 0.000000491. The first-order valence-electron chi connectivity index (χ1n) is 11.0. The van der Waals surface area contributed by atoms with Gasteiger partial charge in [0.15, 0.2) is 0 Å². The molecule has 0 aliphatic carbocycles. The van der Waals surface area contributed by atoms with Gasteiger partial charge in [-0.1, -0.05) is 121 Å². The van der Waals surface area contributed by atoms with Gasteiger partial charge in [0.1, 0.15) is 6.15 Å². The average molecular weight is 407 g/mol. The highest BCUT2D eigenvalue weighted by Crippen LogP contribution is 2.11. The van der Waals surface area contributed by atoms with Crippen LogP contribution in [0.3, 0.4) is 0 Å². The van der Waals surface area contributed by atoms with Gasteiger partial charge in [-0.15, -0.1) is 0 Å². The van der Waals surface area contributed by atoms with Crippen LogP contribution in [0.15, 0.2) is 115 Å². The summed E-state index contributed by atoms with van der Waals surface area (Å²) in [5, 5.41) is 0. The van der Waals surface area contributed by atoms with Gasteiger partial charge < -0.3 is 4.48 Å². The Bertz CT molecular complexity index is 965. The van der Waals surface area contributed by atoms with Gasteiger partial charge in [-0.25, -0.2) is 0 Å². The smallest absolute Gasteiger partial charge is 0.108 e. The first kappa shape index (κ1) is 22.6. The molecule has 4 rings (SSSR count). The molecule has 0 saturated heterocycles. The van der Waals surface area contributed by atoms with E-state index in [0.717, 1.165) is 4.48 Å². The molecule has 2 heteroatoms. The van der Waals surface area contributed by atoms with Crippen molar-refractivity contribution in [1.82, 2.24) is 0 Å². The van der Waals surface area contributed by atoms with E-state index in [0.29, 0.717) is 0 Å². The van der Waals surface area contributed by atoms with Crippen molar-refractivity contribution in [3.63, 3.8) is 0 Å². The van der Waals surface area contributed by atoms with Crippen LogP contribution in [0.25, 0.3) is 0 Å². The fourth-order valence-corrected chi connectivity index (χ4v) is 4.41. The maximum absolute atomic E-state index is 2.29. The van der Waals surface area contributed by atoms with Crippen molar-refractivity contribution in [1.29, 1.82) is 0 Å². The van der Waals surface area contributed by atoms with E-state index in [2.05, 4.69) is 150 Å². The SMILES string of the molecule is C[N+](C)(C)C.Cc1ccccc1[B-](c1ccccc1)(c1ccccc1)c1ccccc1. The lowest BCUT2D eigenvalue weighted by atomic mass is 9.12. The second-order valence-electron chi connectivity index (χ2n) is 9.64. The summed E-state index contributed by atoms with van der Waals surface area (Å²) in [6.07, 6.45) is -1.24. The normalized spacial score (nSPS) is 11.4. The molecule has 31 heavy (non-hydrogen) atoms. The molecule has 0 N–H and O–H groups in total. The Morgan fingerprint density at radius 1 is 0.452 bits per heavy atom. The lowest BCUT2D eigenvalue weighted by molar-refractivity contribution is -0.849. The molecule has 0 unspecified atom stereocenters. The number of hydrogen-bond acceptors (Lipinski definition) is 0. The van der Waals surface area contributed by atoms with Crippen LogP contribution < -0.4 is 21.9 Å². The number of hydrogen-bond donors (Lipinski definition) is 0. The Kier molecular flexibility index (Phi) is 7.15. The molecule has 0 spiro atoms. The van der Waals surface area contributed by atoms with Crippen molar-refractivity contribution in [3.05, 3.63) is 121 Å². The van der Waals surface area contributed by atoms with Crippen LogP contribution in [0, 0.1) is 6.92 Å². The number of nitrogens with zero attached hydrogens (tertiary/aromatic N) is 1. The summed E-state index contributed by atoms with van der Waals surface area (Å²) in [5.74, 6) is 0. The van der Waals surface area contributed by atoms with Gasteiger partial charge in [0, 0.05) is 0 Å². The molecule has 1 nitrogen and oxygen atoms in total. The fourth-order valence-electron chi connectivity index (χ4n) is 4.41. The third-order valence-electron chi connectivity index (χ3n) is 5.55. The Morgan fingerprint density at radius 2 is 0.742 bits per heavy atom. The maximum atomic E-state index is 2.29. The van der Waals surface area contributed by atoms with Crippen molar-refractivity contribution in [2.75, 3.05) is 28.2 Å². The van der Waals surface area contributed by atoms with Gasteiger partial charge in [0.2, 0.25) is 0 Å². The summed E-state index contributed by atoms with van der Waals surface area (Å²) in [6.45, 7) is 2.22. The van der Waals surface area contributed by atoms with E-state index < -0.39 is 6.15 Å². The Morgan fingerprint density at radius 3 is 1.06 bits per heavy atom.